The topological polar surface area (TPSA) is 64.9 Å². The van der Waals surface area contributed by atoms with Crippen LogP contribution in [-0.2, 0) is 6.42 Å². The van der Waals surface area contributed by atoms with E-state index in [9.17, 15) is 0 Å². The van der Waals surface area contributed by atoms with Gasteiger partial charge in [-0.3, -0.25) is 0 Å². The van der Waals surface area contributed by atoms with E-state index in [0.717, 1.165) is 27.7 Å². The first-order chi connectivity index (χ1) is 9.13. The molecule has 0 amide bonds. The summed E-state index contributed by atoms with van der Waals surface area (Å²) in [4.78, 5) is 5.10. The summed E-state index contributed by atoms with van der Waals surface area (Å²) < 4.78 is 0. The van der Waals surface area contributed by atoms with E-state index in [1.54, 1.807) is 18.0 Å². The van der Waals surface area contributed by atoms with Gasteiger partial charge in [0.2, 0.25) is 0 Å². The van der Waals surface area contributed by atoms with Crippen LogP contribution < -0.4 is 11.5 Å². The van der Waals surface area contributed by atoms with E-state index < -0.39 is 0 Å². The Bertz CT molecular complexity index is 548. The Hall–Kier alpha value is -1.23. The molecule has 1 atom stereocenters. The van der Waals surface area contributed by atoms with Gasteiger partial charge in [0.25, 0.3) is 0 Å². The van der Waals surface area contributed by atoms with Crippen LogP contribution in [0.25, 0.3) is 0 Å². The summed E-state index contributed by atoms with van der Waals surface area (Å²) in [6.07, 6.45) is 2.50. The lowest BCUT2D eigenvalue weighted by Gasteiger charge is -2.11. The molecule has 0 bridgehead atoms. The van der Waals surface area contributed by atoms with Gasteiger partial charge in [-0.05, 0) is 42.3 Å². The van der Waals surface area contributed by atoms with Gasteiger partial charge in [0.05, 0.1) is 0 Å². The van der Waals surface area contributed by atoms with Crippen LogP contribution in [0.4, 0.5) is 5.82 Å². The van der Waals surface area contributed by atoms with E-state index in [-0.39, 0.29) is 6.04 Å². The average molecular weight is 294 g/mol. The predicted octanol–water partition coefficient (Wildman–Crippen LogP) is 2.98. The third kappa shape index (κ3) is 4.74. The van der Waals surface area contributed by atoms with E-state index in [1.807, 2.05) is 36.4 Å². The van der Waals surface area contributed by atoms with Crippen LogP contribution in [-0.4, -0.2) is 16.8 Å². The van der Waals surface area contributed by atoms with Crippen molar-refractivity contribution in [2.75, 3.05) is 11.5 Å². The first kappa shape index (κ1) is 14.2. The van der Waals surface area contributed by atoms with E-state index in [2.05, 4.69) is 4.98 Å². The highest BCUT2D eigenvalue weighted by molar-refractivity contribution is 7.99. The lowest BCUT2D eigenvalue weighted by molar-refractivity contribution is 0.748. The van der Waals surface area contributed by atoms with Gasteiger partial charge in [-0.15, -0.1) is 11.8 Å². The zero-order valence-electron chi connectivity index (χ0n) is 10.4. The molecule has 2 aromatic rings. The Kier molecular flexibility index (Phi) is 5.07. The summed E-state index contributed by atoms with van der Waals surface area (Å²) in [6, 6.07) is 11.7. The Balaban J connectivity index is 1.86. The van der Waals surface area contributed by atoms with Crippen molar-refractivity contribution in [3.05, 3.63) is 53.2 Å². The van der Waals surface area contributed by atoms with Crippen LogP contribution in [0.2, 0.25) is 5.02 Å². The first-order valence-corrected chi connectivity index (χ1v) is 7.34. The number of anilines is 1. The number of nitrogens with zero attached hydrogens (tertiary/aromatic N) is 1. The van der Waals surface area contributed by atoms with Crippen molar-refractivity contribution in [2.45, 2.75) is 17.4 Å². The van der Waals surface area contributed by atoms with Gasteiger partial charge in [-0.1, -0.05) is 17.7 Å². The number of hydrogen-bond acceptors (Lipinski definition) is 4. The molecular formula is C14H16ClN3S. The lowest BCUT2D eigenvalue weighted by atomic mass is 10.1. The van der Waals surface area contributed by atoms with Crippen LogP contribution in [0.15, 0.2) is 47.5 Å². The SMILES string of the molecule is Nc1cc(CC(N)CSc2cccc(Cl)c2)ccn1. The van der Waals surface area contributed by atoms with Crippen molar-refractivity contribution in [1.29, 1.82) is 0 Å². The molecule has 0 spiro atoms. The van der Waals surface area contributed by atoms with Gasteiger partial charge in [0.15, 0.2) is 0 Å². The van der Waals surface area contributed by atoms with Gasteiger partial charge in [0.1, 0.15) is 5.82 Å². The van der Waals surface area contributed by atoms with E-state index >= 15 is 0 Å². The number of nitrogens with two attached hydrogens (primary N) is 2. The second-order valence-electron chi connectivity index (χ2n) is 4.32. The number of aromatic nitrogens is 1. The Morgan fingerprint density at radius 2 is 2.11 bits per heavy atom. The van der Waals surface area contributed by atoms with Gasteiger partial charge < -0.3 is 11.5 Å². The summed E-state index contributed by atoms with van der Waals surface area (Å²) >= 11 is 7.65. The van der Waals surface area contributed by atoms with Crippen molar-refractivity contribution >= 4 is 29.2 Å². The number of thioether (sulfide) groups is 1. The molecule has 100 valence electrons. The number of pyridine rings is 1. The van der Waals surface area contributed by atoms with E-state index in [0.29, 0.717) is 5.82 Å². The summed E-state index contributed by atoms with van der Waals surface area (Å²) in [5.74, 6) is 1.37. The van der Waals surface area contributed by atoms with Crippen molar-refractivity contribution in [3.8, 4) is 0 Å². The molecule has 0 fully saturated rings. The highest BCUT2D eigenvalue weighted by Crippen LogP contribution is 2.22. The van der Waals surface area contributed by atoms with Crippen LogP contribution in [0.3, 0.4) is 0 Å². The Morgan fingerprint density at radius 1 is 1.26 bits per heavy atom. The highest BCUT2D eigenvalue weighted by atomic mass is 35.5. The number of nitrogen functional groups attached to an aromatic ring is 1. The third-order valence-electron chi connectivity index (χ3n) is 2.60. The van der Waals surface area contributed by atoms with Crippen molar-refractivity contribution < 1.29 is 0 Å². The van der Waals surface area contributed by atoms with Gasteiger partial charge in [0, 0.05) is 27.9 Å². The minimum absolute atomic E-state index is 0.0748. The minimum Gasteiger partial charge on any atom is -0.384 e. The number of benzene rings is 1. The molecule has 1 aromatic carbocycles. The molecular weight excluding hydrogens is 278 g/mol. The summed E-state index contributed by atoms with van der Waals surface area (Å²) in [7, 11) is 0. The number of rotatable bonds is 5. The van der Waals surface area contributed by atoms with Crippen molar-refractivity contribution in [2.24, 2.45) is 5.73 Å². The first-order valence-electron chi connectivity index (χ1n) is 5.98. The van der Waals surface area contributed by atoms with Crippen molar-refractivity contribution in [1.82, 2.24) is 4.98 Å². The number of hydrogen-bond donors (Lipinski definition) is 2. The lowest BCUT2D eigenvalue weighted by Crippen LogP contribution is -2.25. The van der Waals surface area contributed by atoms with Crippen LogP contribution in [0.5, 0.6) is 0 Å². The Labute approximate surface area is 122 Å². The van der Waals surface area contributed by atoms with Gasteiger partial charge >= 0.3 is 0 Å². The maximum atomic E-state index is 6.13. The molecule has 1 heterocycles. The Morgan fingerprint density at radius 3 is 2.84 bits per heavy atom. The smallest absolute Gasteiger partial charge is 0.123 e. The van der Waals surface area contributed by atoms with Crippen LogP contribution in [0.1, 0.15) is 5.56 Å². The molecule has 1 unspecified atom stereocenters. The standard InChI is InChI=1S/C14H16ClN3S/c15-11-2-1-3-13(8-11)19-9-12(16)6-10-4-5-18-14(17)7-10/h1-5,7-8,12H,6,9,16H2,(H2,17,18). The van der Waals surface area contributed by atoms with Gasteiger partial charge in [-0.25, -0.2) is 4.98 Å². The molecule has 19 heavy (non-hydrogen) atoms. The molecule has 3 nitrogen and oxygen atoms in total. The quantitative estimate of drug-likeness (QED) is 0.832. The molecule has 0 aliphatic rings. The predicted molar refractivity (Wildman–Crippen MR) is 82.5 cm³/mol. The van der Waals surface area contributed by atoms with Crippen molar-refractivity contribution in [3.63, 3.8) is 0 Å². The molecule has 0 aliphatic carbocycles. The molecule has 0 saturated carbocycles. The molecule has 0 radical (unpaired) electrons. The molecule has 1 aromatic heterocycles. The average Bonchev–Trinajstić information content (AvgIpc) is 2.36. The molecule has 2 rings (SSSR count). The fourth-order valence-electron chi connectivity index (χ4n) is 1.74. The normalized spacial score (nSPS) is 12.3. The van der Waals surface area contributed by atoms with Gasteiger partial charge in [-0.2, -0.15) is 0 Å². The largest absolute Gasteiger partial charge is 0.384 e. The zero-order valence-corrected chi connectivity index (χ0v) is 12.0. The monoisotopic (exact) mass is 293 g/mol. The fourth-order valence-corrected chi connectivity index (χ4v) is 2.91. The summed E-state index contributed by atoms with van der Waals surface area (Å²) in [6.45, 7) is 0. The zero-order chi connectivity index (χ0) is 13.7. The molecule has 0 aliphatic heterocycles. The van der Waals surface area contributed by atoms with Crippen LogP contribution >= 0.6 is 23.4 Å². The maximum Gasteiger partial charge on any atom is 0.123 e. The second kappa shape index (κ2) is 6.80. The summed E-state index contributed by atoms with van der Waals surface area (Å²) in [5.41, 5.74) is 12.9. The molecule has 4 N–H and O–H groups in total. The number of halogens is 1. The van der Waals surface area contributed by atoms with E-state index in [4.69, 9.17) is 23.1 Å². The summed E-state index contributed by atoms with van der Waals surface area (Å²) in [5, 5.41) is 0.750. The fraction of sp³-hybridized carbons (Fsp3) is 0.214. The molecule has 0 saturated heterocycles. The minimum atomic E-state index is 0.0748. The second-order valence-corrected chi connectivity index (χ2v) is 5.85. The third-order valence-corrected chi connectivity index (χ3v) is 4.02. The molecule has 5 heteroatoms. The van der Waals surface area contributed by atoms with E-state index in [1.165, 1.54) is 0 Å². The van der Waals surface area contributed by atoms with Crippen LogP contribution in [0, 0.1) is 0 Å². The maximum absolute atomic E-state index is 6.13. The highest BCUT2D eigenvalue weighted by Gasteiger charge is 2.06.